The maximum atomic E-state index is 11.2. The van der Waals surface area contributed by atoms with Gasteiger partial charge in [0.05, 0.1) is 5.56 Å². The fourth-order valence-electron chi connectivity index (χ4n) is 1.41. The van der Waals surface area contributed by atoms with Gasteiger partial charge in [0.1, 0.15) is 0 Å². The monoisotopic (exact) mass is 262 g/mol. The van der Waals surface area contributed by atoms with Crippen LogP contribution in [0.3, 0.4) is 0 Å². The topological polar surface area (TPSA) is 78.4 Å². The van der Waals surface area contributed by atoms with Gasteiger partial charge < -0.3 is 15.7 Å². The number of carboxylic acids is 1. The minimum atomic E-state index is -0.929. The number of nitrogens with one attached hydrogen (secondary N) is 2. The van der Waals surface area contributed by atoms with Gasteiger partial charge in [0.25, 0.3) is 0 Å². The lowest BCUT2D eigenvalue weighted by molar-refractivity contribution is -0.117. The largest absolute Gasteiger partial charge is 0.478 e. The standard InChI is InChI=1S/C14H18N2O3/c1-10(2)13(17)16-8-7-15-9-11-3-5-12(6-4-11)14(18)19/h3-6,15H,1,7-9H2,2H3,(H,16,17)(H,18,19). The van der Waals surface area contributed by atoms with Gasteiger partial charge in [0.15, 0.2) is 0 Å². The lowest BCUT2D eigenvalue weighted by atomic mass is 10.1. The maximum absolute atomic E-state index is 11.2. The quantitative estimate of drug-likeness (QED) is 0.509. The van der Waals surface area contributed by atoms with Crippen molar-refractivity contribution in [3.63, 3.8) is 0 Å². The number of hydrogen-bond donors (Lipinski definition) is 3. The van der Waals surface area contributed by atoms with E-state index in [0.29, 0.717) is 25.2 Å². The molecule has 102 valence electrons. The van der Waals surface area contributed by atoms with Crippen LogP contribution >= 0.6 is 0 Å². The van der Waals surface area contributed by atoms with Crippen LogP contribution in [0.2, 0.25) is 0 Å². The normalized spacial score (nSPS) is 9.95. The van der Waals surface area contributed by atoms with Gasteiger partial charge in [-0.1, -0.05) is 18.7 Å². The molecule has 1 aromatic carbocycles. The molecule has 5 nitrogen and oxygen atoms in total. The van der Waals surface area contributed by atoms with Gasteiger partial charge in [-0.2, -0.15) is 0 Å². The van der Waals surface area contributed by atoms with Crippen molar-refractivity contribution in [1.82, 2.24) is 10.6 Å². The molecule has 0 saturated carbocycles. The predicted molar refractivity (Wildman–Crippen MR) is 72.9 cm³/mol. The van der Waals surface area contributed by atoms with E-state index < -0.39 is 5.97 Å². The van der Waals surface area contributed by atoms with E-state index in [0.717, 1.165) is 5.56 Å². The van der Waals surface area contributed by atoms with Crippen molar-refractivity contribution in [2.24, 2.45) is 0 Å². The summed E-state index contributed by atoms with van der Waals surface area (Å²) in [5.74, 6) is -1.07. The fourth-order valence-corrected chi connectivity index (χ4v) is 1.41. The van der Waals surface area contributed by atoms with Gasteiger partial charge in [-0.25, -0.2) is 4.79 Å². The molecule has 0 spiro atoms. The summed E-state index contributed by atoms with van der Waals surface area (Å²) >= 11 is 0. The minimum Gasteiger partial charge on any atom is -0.478 e. The molecule has 0 radical (unpaired) electrons. The van der Waals surface area contributed by atoms with E-state index in [1.54, 1.807) is 31.2 Å². The lowest BCUT2D eigenvalue weighted by Crippen LogP contribution is -2.31. The number of rotatable bonds is 7. The molecule has 0 fully saturated rings. The summed E-state index contributed by atoms with van der Waals surface area (Å²) in [6, 6.07) is 6.68. The number of carbonyl (C=O) groups is 2. The zero-order valence-electron chi connectivity index (χ0n) is 10.9. The second-order valence-electron chi connectivity index (χ2n) is 4.22. The van der Waals surface area contributed by atoms with Gasteiger partial charge in [-0.15, -0.1) is 0 Å². The Morgan fingerprint density at radius 1 is 1.21 bits per heavy atom. The number of hydrogen-bond acceptors (Lipinski definition) is 3. The van der Waals surface area contributed by atoms with E-state index in [4.69, 9.17) is 5.11 Å². The van der Waals surface area contributed by atoms with Crippen molar-refractivity contribution in [2.75, 3.05) is 13.1 Å². The van der Waals surface area contributed by atoms with E-state index >= 15 is 0 Å². The summed E-state index contributed by atoms with van der Waals surface area (Å²) in [6.07, 6.45) is 0. The molecule has 3 N–H and O–H groups in total. The van der Waals surface area contributed by atoms with Crippen LogP contribution < -0.4 is 10.6 Å². The molecule has 1 amide bonds. The minimum absolute atomic E-state index is 0.146. The first-order valence-electron chi connectivity index (χ1n) is 5.97. The molecule has 0 heterocycles. The molecule has 0 bridgehead atoms. The van der Waals surface area contributed by atoms with Crippen molar-refractivity contribution in [2.45, 2.75) is 13.5 Å². The second-order valence-corrected chi connectivity index (χ2v) is 4.22. The summed E-state index contributed by atoms with van der Waals surface area (Å²) in [5.41, 5.74) is 1.76. The number of benzene rings is 1. The smallest absolute Gasteiger partial charge is 0.335 e. The van der Waals surface area contributed by atoms with Gasteiger partial charge in [0.2, 0.25) is 5.91 Å². The average molecular weight is 262 g/mol. The SMILES string of the molecule is C=C(C)C(=O)NCCNCc1ccc(C(=O)O)cc1. The predicted octanol–water partition coefficient (Wildman–Crippen LogP) is 1.17. The first-order chi connectivity index (χ1) is 9.00. The van der Waals surface area contributed by atoms with Gasteiger partial charge in [-0.05, 0) is 24.6 Å². The third-order valence-corrected chi connectivity index (χ3v) is 2.50. The molecule has 0 aliphatic rings. The van der Waals surface area contributed by atoms with E-state index in [2.05, 4.69) is 17.2 Å². The average Bonchev–Trinajstić information content (AvgIpc) is 2.38. The second kappa shape index (κ2) is 7.33. The molecule has 0 aliphatic heterocycles. The van der Waals surface area contributed by atoms with Crippen molar-refractivity contribution in [3.05, 3.63) is 47.5 Å². The first kappa shape index (κ1) is 14.9. The Bertz CT molecular complexity index is 466. The molecule has 0 aliphatic carbocycles. The summed E-state index contributed by atoms with van der Waals surface area (Å²) in [4.78, 5) is 21.9. The number of carboxylic acid groups (broad SMARTS) is 1. The summed E-state index contributed by atoms with van der Waals surface area (Å²) in [6.45, 7) is 7.00. The van der Waals surface area contributed by atoms with Crippen LogP contribution in [0.1, 0.15) is 22.8 Å². The van der Waals surface area contributed by atoms with Crippen LogP contribution in [0.15, 0.2) is 36.4 Å². The highest BCUT2D eigenvalue weighted by molar-refractivity contribution is 5.92. The molecular formula is C14H18N2O3. The van der Waals surface area contributed by atoms with Gasteiger partial charge >= 0.3 is 5.97 Å². The fraction of sp³-hybridized carbons (Fsp3) is 0.286. The highest BCUT2D eigenvalue weighted by Gasteiger charge is 2.02. The number of amides is 1. The number of carbonyl (C=O) groups excluding carboxylic acids is 1. The Balaban J connectivity index is 2.24. The van der Waals surface area contributed by atoms with Gasteiger partial charge in [-0.3, -0.25) is 4.79 Å². The number of aromatic carboxylic acids is 1. The Morgan fingerprint density at radius 2 is 1.84 bits per heavy atom. The van der Waals surface area contributed by atoms with Crippen LogP contribution in [-0.2, 0) is 11.3 Å². The van der Waals surface area contributed by atoms with E-state index in [-0.39, 0.29) is 11.5 Å². The molecule has 0 atom stereocenters. The third-order valence-electron chi connectivity index (χ3n) is 2.50. The van der Waals surface area contributed by atoms with E-state index in [1.807, 2.05) is 0 Å². The summed E-state index contributed by atoms with van der Waals surface area (Å²) in [5, 5.41) is 14.6. The Hall–Kier alpha value is -2.14. The molecule has 19 heavy (non-hydrogen) atoms. The third kappa shape index (κ3) is 5.35. The van der Waals surface area contributed by atoms with Crippen LogP contribution in [0, 0.1) is 0 Å². The molecule has 0 aromatic heterocycles. The zero-order chi connectivity index (χ0) is 14.3. The van der Waals surface area contributed by atoms with Crippen LogP contribution in [0.4, 0.5) is 0 Å². The summed E-state index contributed by atoms with van der Waals surface area (Å²) in [7, 11) is 0. The van der Waals surface area contributed by atoms with Gasteiger partial charge in [0, 0.05) is 25.2 Å². The van der Waals surface area contributed by atoms with Crippen LogP contribution in [-0.4, -0.2) is 30.1 Å². The Morgan fingerprint density at radius 3 is 2.37 bits per heavy atom. The molecule has 0 saturated heterocycles. The molecular weight excluding hydrogens is 244 g/mol. The van der Waals surface area contributed by atoms with E-state index in [9.17, 15) is 9.59 Å². The molecule has 5 heteroatoms. The van der Waals surface area contributed by atoms with Crippen molar-refractivity contribution in [3.8, 4) is 0 Å². The Kier molecular flexibility index (Phi) is 5.75. The first-order valence-corrected chi connectivity index (χ1v) is 5.97. The molecule has 1 aromatic rings. The van der Waals surface area contributed by atoms with E-state index in [1.165, 1.54) is 0 Å². The van der Waals surface area contributed by atoms with Crippen LogP contribution in [0.5, 0.6) is 0 Å². The van der Waals surface area contributed by atoms with Crippen molar-refractivity contribution >= 4 is 11.9 Å². The zero-order valence-corrected chi connectivity index (χ0v) is 10.9. The Labute approximate surface area is 112 Å². The summed E-state index contributed by atoms with van der Waals surface area (Å²) < 4.78 is 0. The highest BCUT2D eigenvalue weighted by Crippen LogP contribution is 2.03. The maximum Gasteiger partial charge on any atom is 0.335 e. The highest BCUT2D eigenvalue weighted by atomic mass is 16.4. The molecule has 0 unspecified atom stereocenters. The van der Waals surface area contributed by atoms with Crippen molar-refractivity contribution in [1.29, 1.82) is 0 Å². The van der Waals surface area contributed by atoms with Crippen molar-refractivity contribution < 1.29 is 14.7 Å². The van der Waals surface area contributed by atoms with Crippen LogP contribution in [0.25, 0.3) is 0 Å². The lowest BCUT2D eigenvalue weighted by Gasteiger charge is -2.07. The molecule has 1 rings (SSSR count).